The molecule has 1 aliphatic heterocycles. The lowest BCUT2D eigenvalue weighted by atomic mass is 10.2. The van der Waals surface area contributed by atoms with Crippen molar-refractivity contribution in [1.29, 1.82) is 0 Å². The van der Waals surface area contributed by atoms with Gasteiger partial charge in [0, 0.05) is 52.0 Å². The number of anilines is 3. The standard InChI is InChI=1S/C20H28N6O2/c1-14-12-16(28-5)6-7-17(14)23-20(27)26-10-8-25(9-11-26)19-13-18(24(3)4)21-15(2)22-19/h6-7,12-13H,8-11H2,1-5H3,(H,23,27). The summed E-state index contributed by atoms with van der Waals surface area (Å²) in [6.45, 7) is 6.60. The average Bonchev–Trinajstić information content (AvgIpc) is 2.69. The summed E-state index contributed by atoms with van der Waals surface area (Å²) in [5, 5.41) is 3.00. The molecule has 1 aliphatic rings. The van der Waals surface area contributed by atoms with Crippen molar-refractivity contribution in [3.05, 3.63) is 35.7 Å². The Morgan fingerprint density at radius 3 is 2.43 bits per heavy atom. The van der Waals surface area contributed by atoms with E-state index >= 15 is 0 Å². The number of hydrogen-bond acceptors (Lipinski definition) is 6. The SMILES string of the molecule is COc1ccc(NC(=O)N2CCN(c3cc(N(C)C)nc(C)n3)CC2)c(C)c1. The van der Waals surface area contributed by atoms with Crippen LogP contribution in [0.5, 0.6) is 5.75 Å². The van der Waals surface area contributed by atoms with Gasteiger partial charge in [0.05, 0.1) is 7.11 Å². The van der Waals surface area contributed by atoms with E-state index in [4.69, 9.17) is 4.74 Å². The van der Waals surface area contributed by atoms with Gasteiger partial charge in [-0.25, -0.2) is 14.8 Å². The second-order valence-corrected chi connectivity index (χ2v) is 7.11. The van der Waals surface area contributed by atoms with E-state index in [1.54, 1.807) is 7.11 Å². The first-order chi connectivity index (χ1) is 13.4. The summed E-state index contributed by atoms with van der Waals surface area (Å²) in [6, 6.07) is 7.53. The number of methoxy groups -OCH3 is 1. The van der Waals surface area contributed by atoms with Crippen LogP contribution in [0.25, 0.3) is 0 Å². The fraction of sp³-hybridized carbons (Fsp3) is 0.450. The number of urea groups is 1. The van der Waals surface area contributed by atoms with Crippen LogP contribution in [-0.2, 0) is 0 Å². The van der Waals surface area contributed by atoms with Gasteiger partial charge in [0.2, 0.25) is 0 Å². The van der Waals surface area contributed by atoms with Crippen LogP contribution >= 0.6 is 0 Å². The van der Waals surface area contributed by atoms with Gasteiger partial charge >= 0.3 is 6.03 Å². The number of carbonyl (C=O) groups excluding carboxylic acids is 1. The van der Waals surface area contributed by atoms with Crippen molar-refractivity contribution in [2.45, 2.75) is 13.8 Å². The molecule has 8 nitrogen and oxygen atoms in total. The molecule has 0 saturated carbocycles. The molecule has 1 fully saturated rings. The monoisotopic (exact) mass is 384 g/mol. The number of nitrogens with one attached hydrogen (secondary N) is 1. The van der Waals surface area contributed by atoms with Gasteiger partial charge < -0.3 is 24.8 Å². The highest BCUT2D eigenvalue weighted by Crippen LogP contribution is 2.22. The number of ether oxygens (including phenoxy) is 1. The summed E-state index contributed by atoms with van der Waals surface area (Å²) in [7, 11) is 5.57. The smallest absolute Gasteiger partial charge is 0.321 e. The minimum atomic E-state index is -0.0826. The highest BCUT2D eigenvalue weighted by atomic mass is 16.5. The lowest BCUT2D eigenvalue weighted by molar-refractivity contribution is 0.208. The van der Waals surface area contributed by atoms with Gasteiger partial charge in [0.1, 0.15) is 23.2 Å². The fourth-order valence-electron chi connectivity index (χ4n) is 3.16. The molecule has 28 heavy (non-hydrogen) atoms. The van der Waals surface area contributed by atoms with E-state index < -0.39 is 0 Å². The summed E-state index contributed by atoms with van der Waals surface area (Å²) < 4.78 is 5.21. The van der Waals surface area contributed by atoms with E-state index in [-0.39, 0.29) is 6.03 Å². The Morgan fingerprint density at radius 2 is 1.82 bits per heavy atom. The first-order valence-electron chi connectivity index (χ1n) is 9.36. The topological polar surface area (TPSA) is 73.8 Å². The number of benzene rings is 1. The first kappa shape index (κ1) is 19.7. The molecule has 3 rings (SSSR count). The predicted octanol–water partition coefficient (Wildman–Crippen LogP) is 2.52. The molecule has 0 atom stereocenters. The lowest BCUT2D eigenvalue weighted by Crippen LogP contribution is -2.50. The van der Waals surface area contributed by atoms with E-state index in [1.165, 1.54) is 0 Å². The maximum Gasteiger partial charge on any atom is 0.321 e. The molecule has 0 radical (unpaired) electrons. The Morgan fingerprint density at radius 1 is 1.11 bits per heavy atom. The summed E-state index contributed by atoms with van der Waals surface area (Å²) >= 11 is 0. The van der Waals surface area contributed by atoms with Crippen LogP contribution in [0, 0.1) is 13.8 Å². The zero-order chi connectivity index (χ0) is 20.3. The minimum absolute atomic E-state index is 0.0826. The van der Waals surface area contributed by atoms with Gasteiger partial charge in [-0.05, 0) is 37.6 Å². The summed E-state index contributed by atoms with van der Waals surface area (Å²) in [6.07, 6.45) is 0. The molecule has 2 amide bonds. The molecule has 0 unspecified atom stereocenters. The van der Waals surface area contributed by atoms with Crippen LogP contribution in [0.3, 0.4) is 0 Å². The number of amides is 2. The zero-order valence-electron chi connectivity index (χ0n) is 17.2. The number of aryl methyl sites for hydroxylation is 2. The molecule has 1 aromatic carbocycles. The van der Waals surface area contributed by atoms with Crippen molar-refractivity contribution in [2.75, 3.05) is 62.5 Å². The third-order valence-corrected chi connectivity index (χ3v) is 4.84. The number of aromatic nitrogens is 2. The van der Waals surface area contributed by atoms with Crippen LogP contribution in [0.1, 0.15) is 11.4 Å². The Hall–Kier alpha value is -3.03. The van der Waals surface area contributed by atoms with Crippen molar-refractivity contribution in [3.63, 3.8) is 0 Å². The molecule has 1 N–H and O–H groups in total. The lowest BCUT2D eigenvalue weighted by Gasteiger charge is -2.35. The Balaban J connectivity index is 1.61. The second-order valence-electron chi connectivity index (χ2n) is 7.11. The molecular weight excluding hydrogens is 356 g/mol. The summed E-state index contributed by atoms with van der Waals surface area (Å²) in [4.78, 5) is 27.7. The summed E-state index contributed by atoms with van der Waals surface area (Å²) in [5.41, 5.74) is 1.77. The van der Waals surface area contributed by atoms with Crippen LogP contribution in [0.4, 0.5) is 22.1 Å². The van der Waals surface area contributed by atoms with Crippen molar-refractivity contribution in [1.82, 2.24) is 14.9 Å². The fourth-order valence-corrected chi connectivity index (χ4v) is 3.16. The van der Waals surface area contributed by atoms with Gasteiger partial charge in [-0.3, -0.25) is 0 Å². The zero-order valence-corrected chi connectivity index (χ0v) is 17.2. The molecule has 0 spiro atoms. The van der Waals surface area contributed by atoms with E-state index in [0.29, 0.717) is 13.1 Å². The Kier molecular flexibility index (Phi) is 5.87. The molecule has 2 heterocycles. The maximum atomic E-state index is 12.6. The van der Waals surface area contributed by atoms with E-state index in [1.807, 2.05) is 62.0 Å². The average molecular weight is 384 g/mol. The van der Waals surface area contributed by atoms with Crippen LogP contribution in [-0.4, -0.2) is 68.3 Å². The molecule has 1 saturated heterocycles. The van der Waals surface area contributed by atoms with Crippen LogP contribution < -0.4 is 19.9 Å². The third kappa shape index (κ3) is 4.44. The molecular formula is C20H28N6O2. The number of hydrogen-bond donors (Lipinski definition) is 1. The number of carbonyl (C=O) groups is 1. The largest absolute Gasteiger partial charge is 0.497 e. The number of nitrogens with zero attached hydrogens (tertiary/aromatic N) is 5. The van der Waals surface area contributed by atoms with E-state index in [2.05, 4.69) is 20.2 Å². The van der Waals surface area contributed by atoms with Gasteiger partial charge in [0.15, 0.2) is 0 Å². The van der Waals surface area contributed by atoms with Gasteiger partial charge in [-0.15, -0.1) is 0 Å². The summed E-state index contributed by atoms with van der Waals surface area (Å²) in [5.74, 6) is 3.32. The predicted molar refractivity (Wildman–Crippen MR) is 112 cm³/mol. The molecule has 1 aromatic heterocycles. The quantitative estimate of drug-likeness (QED) is 0.873. The van der Waals surface area contributed by atoms with E-state index in [0.717, 1.165) is 47.5 Å². The molecule has 0 bridgehead atoms. The maximum absolute atomic E-state index is 12.6. The molecule has 150 valence electrons. The number of piperazine rings is 1. The van der Waals surface area contributed by atoms with Crippen molar-refractivity contribution in [3.8, 4) is 5.75 Å². The van der Waals surface area contributed by atoms with Gasteiger partial charge in [-0.1, -0.05) is 0 Å². The number of rotatable bonds is 4. The van der Waals surface area contributed by atoms with Gasteiger partial charge in [-0.2, -0.15) is 0 Å². The van der Waals surface area contributed by atoms with E-state index in [9.17, 15) is 4.79 Å². The Labute approximate surface area is 166 Å². The molecule has 0 aliphatic carbocycles. The molecule has 2 aromatic rings. The second kappa shape index (κ2) is 8.33. The van der Waals surface area contributed by atoms with Crippen molar-refractivity contribution < 1.29 is 9.53 Å². The van der Waals surface area contributed by atoms with Crippen molar-refractivity contribution >= 4 is 23.4 Å². The van der Waals surface area contributed by atoms with Crippen LogP contribution in [0.15, 0.2) is 24.3 Å². The highest BCUT2D eigenvalue weighted by molar-refractivity contribution is 5.90. The highest BCUT2D eigenvalue weighted by Gasteiger charge is 2.23. The Bertz CT molecular complexity index is 847. The first-order valence-corrected chi connectivity index (χ1v) is 9.36. The molecule has 8 heteroatoms. The minimum Gasteiger partial charge on any atom is -0.497 e. The van der Waals surface area contributed by atoms with Crippen molar-refractivity contribution in [2.24, 2.45) is 0 Å². The van der Waals surface area contributed by atoms with Crippen LogP contribution in [0.2, 0.25) is 0 Å². The van der Waals surface area contributed by atoms with Gasteiger partial charge in [0.25, 0.3) is 0 Å². The third-order valence-electron chi connectivity index (χ3n) is 4.84. The normalized spacial score (nSPS) is 14.0.